The lowest BCUT2D eigenvalue weighted by Gasteiger charge is -2.08. The number of hydrogen-bond donors (Lipinski definition) is 0. The molecule has 0 fully saturated rings. The fraction of sp³-hybridized carbons (Fsp3) is 0.467. The van der Waals surface area contributed by atoms with Crippen molar-refractivity contribution in [1.29, 1.82) is 0 Å². The van der Waals surface area contributed by atoms with E-state index in [-0.39, 0.29) is 0 Å². The van der Waals surface area contributed by atoms with Gasteiger partial charge in [-0.25, -0.2) is 0 Å². The van der Waals surface area contributed by atoms with Crippen molar-refractivity contribution in [3.63, 3.8) is 0 Å². The molecule has 0 aliphatic heterocycles. The Kier molecular flexibility index (Phi) is 4.29. The van der Waals surface area contributed by atoms with Crippen LogP contribution >= 0.6 is 23.4 Å². The van der Waals surface area contributed by atoms with E-state index in [1.165, 1.54) is 16.5 Å². The number of aromatic nitrogens is 1. The average molecular weight is 282 g/mol. The van der Waals surface area contributed by atoms with Crippen molar-refractivity contribution in [2.75, 3.05) is 0 Å². The van der Waals surface area contributed by atoms with Crippen LogP contribution in [0, 0.1) is 0 Å². The molecule has 2 rings (SSSR count). The zero-order chi connectivity index (χ0) is 13.3. The maximum atomic E-state index is 6.11. The largest absolute Gasteiger partial charge is 0.345 e. The van der Waals surface area contributed by atoms with Crippen LogP contribution in [-0.2, 0) is 5.75 Å². The number of fused-ring (bicyclic) bond motifs is 1. The fourth-order valence-corrected chi connectivity index (χ4v) is 3.00. The second-order valence-corrected chi connectivity index (χ2v) is 7.18. The van der Waals surface area contributed by atoms with E-state index in [1.807, 2.05) is 17.8 Å². The summed E-state index contributed by atoms with van der Waals surface area (Å²) < 4.78 is 2.32. The molecule has 1 heterocycles. The summed E-state index contributed by atoms with van der Waals surface area (Å²) in [6.07, 6.45) is 2.28. The van der Waals surface area contributed by atoms with Crippen molar-refractivity contribution in [2.45, 2.75) is 44.7 Å². The Morgan fingerprint density at radius 1 is 1.22 bits per heavy atom. The molecule has 18 heavy (non-hydrogen) atoms. The molecule has 0 unspecified atom stereocenters. The van der Waals surface area contributed by atoms with Crippen LogP contribution in [0.1, 0.15) is 39.3 Å². The molecule has 3 heteroatoms. The first-order valence-corrected chi connectivity index (χ1v) is 7.82. The quantitative estimate of drug-likeness (QED) is 0.714. The number of hydrogen-bond acceptors (Lipinski definition) is 1. The van der Waals surface area contributed by atoms with Crippen LogP contribution in [0.2, 0.25) is 5.02 Å². The van der Waals surface area contributed by atoms with Gasteiger partial charge in [-0.2, -0.15) is 11.8 Å². The van der Waals surface area contributed by atoms with E-state index in [2.05, 4.69) is 50.6 Å². The predicted molar refractivity (Wildman–Crippen MR) is 83.8 cm³/mol. The van der Waals surface area contributed by atoms with Crippen LogP contribution < -0.4 is 0 Å². The van der Waals surface area contributed by atoms with Gasteiger partial charge in [-0.3, -0.25) is 0 Å². The topological polar surface area (TPSA) is 4.93 Å². The Hall–Kier alpha value is -0.600. The molecular weight excluding hydrogens is 262 g/mol. The van der Waals surface area contributed by atoms with Crippen molar-refractivity contribution in [2.24, 2.45) is 0 Å². The molecule has 98 valence electrons. The number of rotatable bonds is 4. The molecule has 0 radical (unpaired) electrons. The Labute approximate surface area is 119 Å². The number of benzene rings is 1. The first-order valence-electron chi connectivity index (χ1n) is 6.39. The van der Waals surface area contributed by atoms with Gasteiger partial charge < -0.3 is 4.57 Å². The third-order valence-electron chi connectivity index (χ3n) is 3.01. The van der Waals surface area contributed by atoms with E-state index >= 15 is 0 Å². The van der Waals surface area contributed by atoms with Gasteiger partial charge in [0.15, 0.2) is 0 Å². The van der Waals surface area contributed by atoms with E-state index in [1.54, 1.807) is 0 Å². The summed E-state index contributed by atoms with van der Waals surface area (Å²) in [6, 6.07) is 6.66. The van der Waals surface area contributed by atoms with Gasteiger partial charge in [0, 0.05) is 28.4 Å². The maximum Gasteiger partial charge on any atom is 0.0500 e. The van der Waals surface area contributed by atoms with Crippen LogP contribution in [0.3, 0.4) is 0 Å². The first kappa shape index (κ1) is 13.8. The zero-order valence-corrected chi connectivity index (χ0v) is 13.0. The lowest BCUT2D eigenvalue weighted by Crippen LogP contribution is -1.97. The van der Waals surface area contributed by atoms with E-state index in [9.17, 15) is 0 Å². The highest BCUT2D eigenvalue weighted by Gasteiger charge is 2.11. The summed E-state index contributed by atoms with van der Waals surface area (Å²) in [5.41, 5.74) is 2.66. The molecular formula is C15H20ClNS. The summed E-state index contributed by atoms with van der Waals surface area (Å²) in [7, 11) is 0. The van der Waals surface area contributed by atoms with Crippen LogP contribution in [0.5, 0.6) is 0 Å². The van der Waals surface area contributed by atoms with E-state index in [0.29, 0.717) is 11.3 Å². The Morgan fingerprint density at radius 2 is 1.94 bits per heavy atom. The summed E-state index contributed by atoms with van der Waals surface area (Å²) in [5, 5.41) is 2.81. The molecule has 0 atom stereocenters. The van der Waals surface area contributed by atoms with Crippen molar-refractivity contribution >= 4 is 34.3 Å². The van der Waals surface area contributed by atoms with Gasteiger partial charge in [0.25, 0.3) is 0 Å². The second kappa shape index (κ2) is 5.58. The first-order chi connectivity index (χ1) is 8.49. The van der Waals surface area contributed by atoms with Gasteiger partial charge in [0.2, 0.25) is 0 Å². The minimum absolute atomic E-state index is 0.462. The molecule has 0 bridgehead atoms. The molecule has 0 saturated carbocycles. The third-order valence-corrected chi connectivity index (χ3v) is 4.39. The Bertz CT molecular complexity index is 543. The fourth-order valence-electron chi connectivity index (χ4n) is 2.10. The SMILES string of the molecule is CC(C)SCc1cn(C(C)C)c2cc(Cl)ccc12. The molecule has 0 aliphatic rings. The third kappa shape index (κ3) is 2.86. The van der Waals surface area contributed by atoms with Gasteiger partial charge >= 0.3 is 0 Å². The average Bonchev–Trinajstić information content (AvgIpc) is 2.64. The van der Waals surface area contributed by atoms with Gasteiger partial charge in [-0.1, -0.05) is 31.5 Å². The number of nitrogens with zero attached hydrogens (tertiary/aromatic N) is 1. The monoisotopic (exact) mass is 281 g/mol. The van der Waals surface area contributed by atoms with Gasteiger partial charge in [-0.15, -0.1) is 0 Å². The summed E-state index contributed by atoms with van der Waals surface area (Å²) in [6.45, 7) is 8.89. The number of halogens is 1. The number of thioether (sulfide) groups is 1. The van der Waals surface area contributed by atoms with Crippen molar-refractivity contribution in [1.82, 2.24) is 4.57 Å². The second-order valence-electron chi connectivity index (χ2n) is 5.18. The molecule has 1 aromatic heterocycles. The lowest BCUT2D eigenvalue weighted by atomic mass is 10.2. The molecule has 0 spiro atoms. The van der Waals surface area contributed by atoms with Crippen LogP contribution in [0.4, 0.5) is 0 Å². The molecule has 0 N–H and O–H groups in total. The summed E-state index contributed by atoms with van der Waals surface area (Å²) >= 11 is 8.10. The van der Waals surface area contributed by atoms with E-state index < -0.39 is 0 Å². The van der Waals surface area contributed by atoms with E-state index in [4.69, 9.17) is 11.6 Å². The molecule has 0 amide bonds. The normalized spacial score (nSPS) is 11.9. The van der Waals surface area contributed by atoms with Gasteiger partial charge in [0.05, 0.1) is 5.52 Å². The van der Waals surface area contributed by atoms with Crippen molar-refractivity contribution in [3.05, 3.63) is 35.0 Å². The van der Waals surface area contributed by atoms with Crippen LogP contribution in [-0.4, -0.2) is 9.82 Å². The highest BCUT2D eigenvalue weighted by Crippen LogP contribution is 2.30. The molecule has 1 nitrogen and oxygen atoms in total. The van der Waals surface area contributed by atoms with Crippen molar-refractivity contribution < 1.29 is 0 Å². The van der Waals surface area contributed by atoms with Crippen LogP contribution in [0.15, 0.2) is 24.4 Å². The van der Waals surface area contributed by atoms with Gasteiger partial charge in [-0.05, 0) is 36.8 Å². The van der Waals surface area contributed by atoms with Crippen LogP contribution in [0.25, 0.3) is 10.9 Å². The maximum absolute atomic E-state index is 6.11. The smallest absolute Gasteiger partial charge is 0.0500 e. The zero-order valence-electron chi connectivity index (χ0n) is 11.4. The molecule has 1 aromatic carbocycles. The standard InChI is InChI=1S/C15H20ClNS/c1-10(2)17-8-12(9-18-11(3)4)14-6-5-13(16)7-15(14)17/h5-8,10-11H,9H2,1-4H3. The molecule has 0 aliphatic carbocycles. The summed E-state index contributed by atoms with van der Waals surface area (Å²) in [4.78, 5) is 0. The highest BCUT2D eigenvalue weighted by molar-refractivity contribution is 7.99. The predicted octanol–water partition coefficient (Wildman–Crippen LogP) is 5.52. The molecule has 0 saturated heterocycles. The Morgan fingerprint density at radius 3 is 2.56 bits per heavy atom. The highest BCUT2D eigenvalue weighted by atomic mass is 35.5. The van der Waals surface area contributed by atoms with Crippen molar-refractivity contribution in [3.8, 4) is 0 Å². The summed E-state index contributed by atoms with van der Waals surface area (Å²) in [5.74, 6) is 1.06. The minimum atomic E-state index is 0.462. The molecule has 2 aromatic rings. The lowest BCUT2D eigenvalue weighted by molar-refractivity contribution is 0.622. The van der Waals surface area contributed by atoms with E-state index in [0.717, 1.165) is 10.8 Å². The minimum Gasteiger partial charge on any atom is -0.345 e. The van der Waals surface area contributed by atoms with Gasteiger partial charge in [0.1, 0.15) is 0 Å². The Balaban J connectivity index is 2.47.